The smallest absolute Gasteiger partial charge is 0.267 e. The SMILES string of the molecule is CC(C)(Oc1ccc(C(C)(C)C)cc1)C(=O)Nc1ccc(N2CCN(Cc3ccccc3)CC2)cc1. The van der Waals surface area contributed by atoms with Crippen molar-refractivity contribution in [2.45, 2.75) is 52.2 Å². The van der Waals surface area contributed by atoms with Gasteiger partial charge in [0.15, 0.2) is 5.60 Å². The number of nitrogens with zero attached hydrogens (tertiary/aromatic N) is 2. The zero-order valence-electron chi connectivity index (χ0n) is 22.3. The van der Waals surface area contributed by atoms with Gasteiger partial charge in [-0.1, -0.05) is 63.2 Å². The van der Waals surface area contributed by atoms with Crippen LogP contribution >= 0.6 is 0 Å². The van der Waals surface area contributed by atoms with E-state index in [9.17, 15) is 4.79 Å². The van der Waals surface area contributed by atoms with Crippen LogP contribution in [0.4, 0.5) is 11.4 Å². The van der Waals surface area contributed by atoms with Gasteiger partial charge in [0, 0.05) is 44.1 Å². The fraction of sp³-hybridized carbons (Fsp3) is 0.387. The van der Waals surface area contributed by atoms with Crippen LogP contribution in [0.25, 0.3) is 0 Å². The first-order valence-electron chi connectivity index (χ1n) is 12.8. The van der Waals surface area contributed by atoms with E-state index in [0.29, 0.717) is 5.75 Å². The van der Waals surface area contributed by atoms with Crippen molar-refractivity contribution < 1.29 is 9.53 Å². The molecule has 5 heteroatoms. The second-order valence-electron chi connectivity index (χ2n) is 11.1. The van der Waals surface area contributed by atoms with Gasteiger partial charge in [-0.3, -0.25) is 9.69 Å². The molecule has 1 fully saturated rings. The van der Waals surface area contributed by atoms with E-state index in [0.717, 1.165) is 38.4 Å². The lowest BCUT2D eigenvalue weighted by Crippen LogP contribution is -2.46. The Kier molecular flexibility index (Phi) is 7.70. The first kappa shape index (κ1) is 25.8. The number of hydrogen-bond acceptors (Lipinski definition) is 4. The van der Waals surface area contributed by atoms with Crippen LogP contribution < -0.4 is 15.0 Å². The maximum Gasteiger partial charge on any atom is 0.267 e. The molecule has 1 N–H and O–H groups in total. The molecular weight excluding hydrogens is 446 g/mol. The second-order valence-corrected chi connectivity index (χ2v) is 11.1. The summed E-state index contributed by atoms with van der Waals surface area (Å²) in [6, 6.07) is 26.7. The number of nitrogens with one attached hydrogen (secondary N) is 1. The van der Waals surface area contributed by atoms with Gasteiger partial charge in [0.05, 0.1) is 0 Å². The van der Waals surface area contributed by atoms with Gasteiger partial charge in [0.2, 0.25) is 0 Å². The maximum absolute atomic E-state index is 13.0. The first-order valence-corrected chi connectivity index (χ1v) is 12.8. The number of piperazine rings is 1. The summed E-state index contributed by atoms with van der Waals surface area (Å²) in [4.78, 5) is 17.9. The van der Waals surface area contributed by atoms with E-state index in [2.05, 4.69) is 90.5 Å². The Labute approximate surface area is 216 Å². The third-order valence-electron chi connectivity index (χ3n) is 6.75. The van der Waals surface area contributed by atoms with Gasteiger partial charge in [0.1, 0.15) is 5.75 Å². The lowest BCUT2D eigenvalue weighted by Gasteiger charge is -2.36. The average molecular weight is 486 g/mol. The second kappa shape index (κ2) is 10.8. The molecule has 1 aliphatic heterocycles. The molecule has 3 aromatic carbocycles. The quantitative estimate of drug-likeness (QED) is 0.439. The Morgan fingerprint density at radius 1 is 0.806 bits per heavy atom. The van der Waals surface area contributed by atoms with Crippen molar-refractivity contribution in [3.63, 3.8) is 0 Å². The Morgan fingerprint density at radius 2 is 1.42 bits per heavy atom. The van der Waals surface area contributed by atoms with Crippen LogP contribution in [0.5, 0.6) is 5.75 Å². The molecule has 0 saturated carbocycles. The highest BCUT2D eigenvalue weighted by atomic mass is 16.5. The molecule has 1 saturated heterocycles. The summed E-state index contributed by atoms with van der Waals surface area (Å²) >= 11 is 0. The summed E-state index contributed by atoms with van der Waals surface area (Å²) in [6.45, 7) is 15.2. The average Bonchev–Trinajstić information content (AvgIpc) is 2.85. The van der Waals surface area contributed by atoms with Crippen LogP contribution in [0.3, 0.4) is 0 Å². The summed E-state index contributed by atoms with van der Waals surface area (Å²) in [6.07, 6.45) is 0. The van der Waals surface area contributed by atoms with Crippen molar-refractivity contribution in [2.75, 3.05) is 36.4 Å². The molecule has 0 aromatic heterocycles. The molecule has 0 atom stereocenters. The standard InChI is InChI=1S/C31H39N3O2/c1-30(2,3)25-11-17-28(18-12-25)36-31(4,5)29(35)32-26-13-15-27(16-14-26)34-21-19-33(20-22-34)23-24-9-7-6-8-10-24/h6-18H,19-23H2,1-5H3,(H,32,35). The number of anilines is 2. The highest BCUT2D eigenvalue weighted by Crippen LogP contribution is 2.27. The summed E-state index contributed by atoms with van der Waals surface area (Å²) in [7, 11) is 0. The number of rotatable bonds is 7. The fourth-order valence-electron chi connectivity index (χ4n) is 4.41. The molecule has 3 aromatic rings. The minimum absolute atomic E-state index is 0.0767. The monoisotopic (exact) mass is 485 g/mol. The molecule has 0 unspecified atom stereocenters. The number of amides is 1. The van der Waals surface area contributed by atoms with Gasteiger partial charge < -0.3 is 15.0 Å². The van der Waals surface area contributed by atoms with E-state index >= 15 is 0 Å². The molecule has 36 heavy (non-hydrogen) atoms. The molecule has 190 valence electrons. The zero-order valence-corrected chi connectivity index (χ0v) is 22.3. The third-order valence-corrected chi connectivity index (χ3v) is 6.75. The normalized spacial score (nSPS) is 15.0. The third kappa shape index (κ3) is 6.67. The van der Waals surface area contributed by atoms with E-state index in [1.165, 1.54) is 16.8 Å². The number of carbonyl (C=O) groups is 1. The number of benzene rings is 3. The minimum atomic E-state index is -1.00. The molecule has 0 aliphatic carbocycles. The van der Waals surface area contributed by atoms with E-state index in [1.807, 2.05) is 24.3 Å². The van der Waals surface area contributed by atoms with Crippen molar-refractivity contribution in [2.24, 2.45) is 0 Å². The molecule has 1 aliphatic rings. The Bertz CT molecular complexity index is 1130. The summed E-state index contributed by atoms with van der Waals surface area (Å²) in [5, 5.41) is 3.01. The van der Waals surface area contributed by atoms with Crippen molar-refractivity contribution >= 4 is 17.3 Å². The summed E-state index contributed by atoms with van der Waals surface area (Å²) < 4.78 is 6.05. The topological polar surface area (TPSA) is 44.8 Å². The predicted octanol–water partition coefficient (Wildman–Crippen LogP) is 6.10. The molecular formula is C31H39N3O2. The largest absolute Gasteiger partial charge is 0.478 e. The molecule has 1 amide bonds. The predicted molar refractivity (Wildman–Crippen MR) is 149 cm³/mol. The zero-order chi connectivity index (χ0) is 25.8. The van der Waals surface area contributed by atoms with E-state index in [4.69, 9.17) is 4.74 Å². The van der Waals surface area contributed by atoms with Gasteiger partial charge in [-0.2, -0.15) is 0 Å². The van der Waals surface area contributed by atoms with E-state index < -0.39 is 5.60 Å². The highest BCUT2D eigenvalue weighted by Gasteiger charge is 2.30. The van der Waals surface area contributed by atoms with Crippen LogP contribution in [0.1, 0.15) is 45.7 Å². The molecule has 0 spiro atoms. The molecule has 4 rings (SSSR count). The van der Waals surface area contributed by atoms with Crippen LogP contribution in [-0.2, 0) is 16.8 Å². The van der Waals surface area contributed by atoms with Crippen molar-refractivity contribution in [1.82, 2.24) is 4.90 Å². The van der Waals surface area contributed by atoms with E-state index in [1.54, 1.807) is 13.8 Å². The van der Waals surface area contributed by atoms with Gasteiger partial charge in [-0.05, 0) is 66.8 Å². The van der Waals surface area contributed by atoms with Crippen LogP contribution in [0, 0.1) is 0 Å². The number of hydrogen-bond donors (Lipinski definition) is 1. The lowest BCUT2D eigenvalue weighted by atomic mass is 9.87. The van der Waals surface area contributed by atoms with Gasteiger partial charge >= 0.3 is 0 Å². The van der Waals surface area contributed by atoms with Crippen molar-refractivity contribution in [3.05, 3.63) is 90.0 Å². The summed E-state index contributed by atoms with van der Waals surface area (Å²) in [5.41, 5.74) is 3.62. The fourth-order valence-corrected chi connectivity index (χ4v) is 4.41. The van der Waals surface area contributed by atoms with E-state index in [-0.39, 0.29) is 11.3 Å². The Hall–Kier alpha value is -3.31. The van der Waals surface area contributed by atoms with Gasteiger partial charge in [0.25, 0.3) is 5.91 Å². The highest BCUT2D eigenvalue weighted by molar-refractivity contribution is 5.97. The van der Waals surface area contributed by atoms with Crippen LogP contribution in [0.15, 0.2) is 78.9 Å². The Balaban J connectivity index is 1.29. The molecule has 0 bridgehead atoms. The van der Waals surface area contributed by atoms with Crippen molar-refractivity contribution in [1.29, 1.82) is 0 Å². The van der Waals surface area contributed by atoms with Gasteiger partial charge in [-0.25, -0.2) is 0 Å². The Morgan fingerprint density at radius 3 is 2.00 bits per heavy atom. The molecule has 5 nitrogen and oxygen atoms in total. The number of carbonyl (C=O) groups excluding carboxylic acids is 1. The first-order chi connectivity index (χ1) is 17.1. The van der Waals surface area contributed by atoms with Crippen LogP contribution in [-0.4, -0.2) is 42.6 Å². The number of ether oxygens (including phenoxy) is 1. The maximum atomic E-state index is 13.0. The van der Waals surface area contributed by atoms with Crippen molar-refractivity contribution in [3.8, 4) is 5.75 Å². The molecule has 1 heterocycles. The van der Waals surface area contributed by atoms with Crippen LogP contribution in [0.2, 0.25) is 0 Å². The molecule has 0 radical (unpaired) electrons. The summed E-state index contributed by atoms with van der Waals surface area (Å²) in [5.74, 6) is 0.509. The van der Waals surface area contributed by atoms with Gasteiger partial charge in [-0.15, -0.1) is 0 Å². The lowest BCUT2D eigenvalue weighted by molar-refractivity contribution is -0.128. The minimum Gasteiger partial charge on any atom is -0.478 e.